The highest BCUT2D eigenvalue weighted by molar-refractivity contribution is 5.37. The first-order valence-corrected chi connectivity index (χ1v) is 5.64. The third kappa shape index (κ3) is 3.23. The number of nitrogens with zero attached hydrogens (tertiary/aromatic N) is 1. The molecule has 4 nitrogen and oxygen atoms in total. The predicted octanol–water partition coefficient (Wildman–Crippen LogP) is 2.74. The van der Waals surface area contributed by atoms with E-state index < -0.39 is 24.4 Å². The molecule has 114 valence electrons. The van der Waals surface area contributed by atoms with Crippen molar-refractivity contribution < 1.29 is 26.7 Å². The summed E-state index contributed by atoms with van der Waals surface area (Å²) in [6, 6.07) is 5.11. The number of ether oxygens (including phenoxy) is 1. The third-order valence-corrected chi connectivity index (χ3v) is 2.60. The van der Waals surface area contributed by atoms with Gasteiger partial charge in [-0.3, -0.25) is 4.57 Å². The van der Waals surface area contributed by atoms with Crippen LogP contribution in [0.3, 0.4) is 0 Å². The Labute approximate surface area is 114 Å². The maximum atomic E-state index is 12.7. The highest BCUT2D eigenvalue weighted by Crippen LogP contribution is 2.35. The van der Waals surface area contributed by atoms with E-state index >= 15 is 0 Å². The fourth-order valence-corrected chi connectivity index (χ4v) is 1.48. The first kappa shape index (κ1) is 15.1. The molecule has 1 N–H and O–H groups in total. The lowest BCUT2D eigenvalue weighted by Gasteiger charge is -2.19. The molecule has 0 fully saturated rings. The van der Waals surface area contributed by atoms with Crippen LogP contribution in [-0.4, -0.2) is 28.3 Å². The van der Waals surface area contributed by atoms with Gasteiger partial charge < -0.3 is 9.72 Å². The summed E-state index contributed by atoms with van der Waals surface area (Å²) in [5, 5.41) is 0. The molecular formula is C12H9F5N2O2. The van der Waals surface area contributed by atoms with Gasteiger partial charge in [-0.05, 0) is 24.3 Å². The van der Waals surface area contributed by atoms with E-state index in [-0.39, 0.29) is 5.75 Å². The Morgan fingerprint density at radius 3 is 2.19 bits per heavy atom. The number of benzene rings is 1. The van der Waals surface area contributed by atoms with Crippen molar-refractivity contribution in [2.24, 2.45) is 0 Å². The molecule has 0 amide bonds. The van der Waals surface area contributed by atoms with E-state index in [4.69, 9.17) is 0 Å². The lowest BCUT2D eigenvalue weighted by atomic mass is 10.3. The average molecular weight is 308 g/mol. The quantitative estimate of drug-likeness (QED) is 0.883. The van der Waals surface area contributed by atoms with Crippen LogP contribution in [-0.2, 0) is 0 Å². The summed E-state index contributed by atoms with van der Waals surface area (Å²) < 4.78 is 66.9. The molecule has 0 saturated carbocycles. The van der Waals surface area contributed by atoms with Crippen LogP contribution in [0.25, 0.3) is 5.69 Å². The van der Waals surface area contributed by atoms with Gasteiger partial charge in [0.25, 0.3) is 0 Å². The van der Waals surface area contributed by atoms with Crippen molar-refractivity contribution in [1.29, 1.82) is 0 Å². The maximum absolute atomic E-state index is 12.7. The van der Waals surface area contributed by atoms with E-state index in [1.54, 1.807) is 0 Å². The van der Waals surface area contributed by atoms with Gasteiger partial charge in [0.15, 0.2) is 6.61 Å². The van der Waals surface area contributed by atoms with Crippen LogP contribution >= 0.6 is 0 Å². The number of hydrogen-bond acceptors (Lipinski definition) is 2. The number of imidazole rings is 1. The Morgan fingerprint density at radius 1 is 1.10 bits per heavy atom. The molecule has 0 spiro atoms. The van der Waals surface area contributed by atoms with E-state index in [9.17, 15) is 26.7 Å². The lowest BCUT2D eigenvalue weighted by Crippen LogP contribution is -2.41. The van der Waals surface area contributed by atoms with Gasteiger partial charge in [0.2, 0.25) is 0 Å². The van der Waals surface area contributed by atoms with Crippen LogP contribution < -0.4 is 10.4 Å². The maximum Gasteiger partial charge on any atom is 0.456 e. The second-order valence-electron chi connectivity index (χ2n) is 4.12. The zero-order valence-electron chi connectivity index (χ0n) is 10.3. The summed E-state index contributed by atoms with van der Waals surface area (Å²) in [6.45, 7) is -1.81. The second kappa shape index (κ2) is 5.23. The fourth-order valence-electron chi connectivity index (χ4n) is 1.48. The molecule has 0 radical (unpaired) electrons. The third-order valence-electron chi connectivity index (χ3n) is 2.60. The molecule has 1 heterocycles. The Bertz CT molecular complexity index is 657. The molecule has 9 heteroatoms. The van der Waals surface area contributed by atoms with Gasteiger partial charge >= 0.3 is 17.8 Å². The van der Waals surface area contributed by atoms with Crippen molar-refractivity contribution in [2.45, 2.75) is 12.1 Å². The second-order valence-corrected chi connectivity index (χ2v) is 4.12. The monoisotopic (exact) mass is 308 g/mol. The van der Waals surface area contributed by atoms with Gasteiger partial charge in [0, 0.05) is 12.4 Å². The summed E-state index contributed by atoms with van der Waals surface area (Å²) in [7, 11) is 0. The molecule has 0 aliphatic carbocycles. The van der Waals surface area contributed by atoms with Crippen molar-refractivity contribution >= 4 is 0 Å². The van der Waals surface area contributed by atoms with E-state index in [1.807, 2.05) is 0 Å². The number of halogens is 5. The van der Waals surface area contributed by atoms with E-state index in [0.717, 1.165) is 0 Å². The van der Waals surface area contributed by atoms with E-state index in [2.05, 4.69) is 9.72 Å². The smallest absolute Gasteiger partial charge is 0.456 e. The van der Waals surface area contributed by atoms with Gasteiger partial charge in [-0.15, -0.1) is 0 Å². The van der Waals surface area contributed by atoms with Gasteiger partial charge in [0.05, 0.1) is 5.69 Å². The average Bonchev–Trinajstić information content (AvgIpc) is 2.82. The Kier molecular flexibility index (Phi) is 3.75. The van der Waals surface area contributed by atoms with E-state index in [0.29, 0.717) is 5.69 Å². The molecule has 2 rings (SSSR count). The number of aromatic amines is 1. The standard InChI is InChI=1S/C12H9F5N2O2/c13-11(14,12(15,16)17)7-21-9-3-1-8(2-4-9)19-6-5-18-10(19)20/h1-6H,7H2,(H,18,20). The first-order valence-electron chi connectivity index (χ1n) is 5.64. The largest absolute Gasteiger partial charge is 0.487 e. The molecular weight excluding hydrogens is 299 g/mol. The van der Waals surface area contributed by atoms with Crippen molar-refractivity contribution in [3.63, 3.8) is 0 Å². The molecule has 0 saturated heterocycles. The van der Waals surface area contributed by atoms with Crippen molar-refractivity contribution in [3.05, 3.63) is 47.1 Å². The van der Waals surface area contributed by atoms with Gasteiger partial charge in [-0.1, -0.05) is 0 Å². The van der Waals surface area contributed by atoms with Crippen LogP contribution in [0.5, 0.6) is 5.75 Å². The van der Waals surface area contributed by atoms with Crippen LogP contribution in [0.15, 0.2) is 41.5 Å². The normalized spacial score (nSPS) is 12.4. The number of H-pyrrole nitrogens is 1. The molecule has 1 aromatic carbocycles. The molecule has 0 bridgehead atoms. The molecule has 0 aliphatic heterocycles. The summed E-state index contributed by atoms with van der Waals surface area (Å²) in [6.07, 6.45) is -2.82. The molecule has 1 aromatic heterocycles. The van der Waals surface area contributed by atoms with E-state index in [1.165, 1.54) is 41.2 Å². The molecule has 0 unspecified atom stereocenters. The highest BCUT2D eigenvalue weighted by atomic mass is 19.4. The molecule has 2 aromatic rings. The number of rotatable bonds is 4. The van der Waals surface area contributed by atoms with Crippen LogP contribution in [0, 0.1) is 0 Å². The lowest BCUT2D eigenvalue weighted by molar-refractivity contribution is -0.290. The zero-order valence-corrected chi connectivity index (χ0v) is 10.3. The van der Waals surface area contributed by atoms with Crippen molar-refractivity contribution in [1.82, 2.24) is 9.55 Å². The number of nitrogens with one attached hydrogen (secondary N) is 1. The number of aromatic nitrogens is 2. The summed E-state index contributed by atoms with van der Waals surface area (Å²) in [5.41, 5.74) is 0.00320. The zero-order chi connectivity index (χ0) is 15.7. The Balaban J connectivity index is 2.07. The summed E-state index contributed by atoms with van der Waals surface area (Å²) in [5.74, 6) is -5.09. The van der Waals surface area contributed by atoms with Crippen LogP contribution in [0.2, 0.25) is 0 Å². The minimum atomic E-state index is -5.66. The van der Waals surface area contributed by atoms with Gasteiger partial charge in [-0.25, -0.2) is 4.79 Å². The highest BCUT2D eigenvalue weighted by Gasteiger charge is 2.58. The van der Waals surface area contributed by atoms with Crippen LogP contribution in [0.4, 0.5) is 22.0 Å². The minimum absolute atomic E-state index is 0.161. The Morgan fingerprint density at radius 2 is 1.71 bits per heavy atom. The minimum Gasteiger partial charge on any atom is -0.487 e. The SMILES string of the molecule is O=c1[nH]ccn1-c1ccc(OCC(F)(F)C(F)(F)F)cc1. The molecule has 0 atom stereocenters. The number of alkyl halides is 5. The predicted molar refractivity (Wildman–Crippen MR) is 62.9 cm³/mol. The van der Waals surface area contributed by atoms with Crippen molar-refractivity contribution in [3.8, 4) is 11.4 Å². The fraction of sp³-hybridized carbons (Fsp3) is 0.250. The van der Waals surface area contributed by atoms with Crippen molar-refractivity contribution in [2.75, 3.05) is 6.61 Å². The summed E-state index contributed by atoms with van der Waals surface area (Å²) >= 11 is 0. The van der Waals surface area contributed by atoms with Gasteiger partial charge in [0.1, 0.15) is 5.75 Å². The topological polar surface area (TPSA) is 47.0 Å². The molecule has 21 heavy (non-hydrogen) atoms. The van der Waals surface area contributed by atoms with Crippen LogP contribution in [0.1, 0.15) is 0 Å². The summed E-state index contributed by atoms with van der Waals surface area (Å²) in [4.78, 5) is 13.7. The number of hydrogen-bond donors (Lipinski definition) is 1. The van der Waals surface area contributed by atoms with Gasteiger partial charge in [-0.2, -0.15) is 22.0 Å². The Hall–Kier alpha value is -2.32. The molecule has 0 aliphatic rings. The first-order chi connectivity index (χ1) is 9.71.